The van der Waals surface area contributed by atoms with Gasteiger partial charge in [0.1, 0.15) is 0 Å². The van der Waals surface area contributed by atoms with Crippen LogP contribution in [-0.4, -0.2) is 17.5 Å². The van der Waals surface area contributed by atoms with Crippen LogP contribution in [0.15, 0.2) is 40.9 Å². The number of hydrogen-bond donors (Lipinski definition) is 0. The van der Waals surface area contributed by atoms with Crippen LogP contribution < -0.4 is 0 Å². The Kier molecular flexibility index (Phi) is 0.733. The average Bonchev–Trinajstić information content (AvgIpc) is 2.34. The van der Waals surface area contributed by atoms with Gasteiger partial charge in [0.25, 0.3) is 0 Å². The van der Waals surface area contributed by atoms with E-state index in [1.165, 1.54) is 5.70 Å². The first kappa shape index (κ1) is 5.18. The molecule has 11 heavy (non-hydrogen) atoms. The predicted octanol–water partition coefficient (Wildman–Crippen LogP) is 0.983. The normalized spacial score (nSPS) is 24.0. The molecule has 3 heteroatoms. The third-order valence-electron chi connectivity index (χ3n) is 1.96. The summed E-state index contributed by atoms with van der Waals surface area (Å²) in [5, 5.41) is 0. The summed E-state index contributed by atoms with van der Waals surface area (Å²) in [6.45, 7) is 0.465. The fourth-order valence-corrected chi connectivity index (χ4v) is 1.35. The number of amidine groups is 1. The van der Waals surface area contributed by atoms with Gasteiger partial charge in [-0.05, 0) is 18.2 Å². The maximum Gasteiger partial charge on any atom is 0.181 e. The van der Waals surface area contributed by atoms with E-state index < -0.39 is 0 Å². The molecule has 0 atom stereocenters. The van der Waals surface area contributed by atoms with Crippen LogP contribution >= 0.6 is 0 Å². The summed E-state index contributed by atoms with van der Waals surface area (Å²) in [6, 6.07) is 0. The quantitative estimate of drug-likeness (QED) is 0.509. The van der Waals surface area contributed by atoms with Crippen molar-refractivity contribution in [1.82, 2.24) is 4.90 Å². The van der Waals surface area contributed by atoms with Crippen molar-refractivity contribution in [2.24, 2.45) is 4.99 Å². The molecule has 0 aromatic heterocycles. The van der Waals surface area contributed by atoms with Crippen LogP contribution in [0.5, 0.6) is 0 Å². The smallest absolute Gasteiger partial charge is 0.181 e. The minimum absolute atomic E-state index is 0.465. The van der Waals surface area contributed by atoms with Gasteiger partial charge in [0, 0.05) is 11.9 Å². The van der Waals surface area contributed by atoms with Crippen molar-refractivity contribution in [3.63, 3.8) is 0 Å². The molecule has 0 saturated carbocycles. The molecule has 0 radical (unpaired) electrons. The van der Waals surface area contributed by atoms with E-state index in [1.54, 1.807) is 0 Å². The first-order valence-corrected chi connectivity index (χ1v) is 3.52. The summed E-state index contributed by atoms with van der Waals surface area (Å²) in [5.41, 5.74) is 1.19. The minimum atomic E-state index is 0.465. The molecule has 0 fully saturated rings. The summed E-state index contributed by atoms with van der Waals surface area (Å²) in [4.78, 5) is 6.23. The molecular formula is C8H6N2O. The standard InChI is InChI=1S/C8H6N2O/c1-2-7-8(9-5-11-7)10-4-3-6(1)10/h1-4H,5H2. The molecular weight excluding hydrogens is 140 g/mol. The second-order valence-electron chi connectivity index (χ2n) is 2.56. The molecule has 0 spiro atoms. The van der Waals surface area contributed by atoms with E-state index in [9.17, 15) is 0 Å². The highest BCUT2D eigenvalue weighted by molar-refractivity contribution is 6.02. The molecule has 3 nitrogen and oxygen atoms in total. The van der Waals surface area contributed by atoms with Gasteiger partial charge in [0.2, 0.25) is 0 Å². The van der Waals surface area contributed by atoms with Gasteiger partial charge in [0.05, 0.1) is 0 Å². The van der Waals surface area contributed by atoms with E-state index in [2.05, 4.69) is 4.99 Å². The zero-order chi connectivity index (χ0) is 7.26. The number of fused-ring (bicyclic) bond motifs is 3. The van der Waals surface area contributed by atoms with Gasteiger partial charge in [0.15, 0.2) is 18.3 Å². The van der Waals surface area contributed by atoms with Gasteiger partial charge >= 0.3 is 0 Å². The molecule has 0 N–H and O–H groups in total. The second-order valence-corrected chi connectivity index (χ2v) is 2.56. The molecule has 0 bridgehead atoms. The molecule has 3 heterocycles. The Hall–Kier alpha value is -1.51. The van der Waals surface area contributed by atoms with E-state index in [4.69, 9.17) is 4.74 Å². The number of rotatable bonds is 0. The van der Waals surface area contributed by atoms with E-state index in [0.717, 1.165) is 11.6 Å². The number of aliphatic imine (C=N–C) groups is 1. The van der Waals surface area contributed by atoms with Gasteiger partial charge in [-0.25, -0.2) is 4.99 Å². The highest BCUT2D eigenvalue weighted by atomic mass is 16.5. The molecule has 0 aliphatic carbocycles. The van der Waals surface area contributed by atoms with Crippen molar-refractivity contribution in [3.05, 3.63) is 35.9 Å². The Morgan fingerprint density at radius 1 is 1.45 bits per heavy atom. The molecule has 3 rings (SSSR count). The lowest BCUT2D eigenvalue weighted by atomic mass is 10.1. The Labute approximate surface area is 64.0 Å². The van der Waals surface area contributed by atoms with Crippen LogP contribution in [0, 0.1) is 0 Å². The monoisotopic (exact) mass is 146 g/mol. The Morgan fingerprint density at radius 2 is 2.45 bits per heavy atom. The largest absolute Gasteiger partial charge is 0.467 e. The first-order chi connectivity index (χ1) is 5.45. The zero-order valence-electron chi connectivity index (χ0n) is 5.82. The SMILES string of the molecule is C1=CN2C1=CC=C1OCN=C12. The number of nitrogens with zero attached hydrogens (tertiary/aromatic N) is 2. The maximum atomic E-state index is 5.25. The van der Waals surface area contributed by atoms with Gasteiger partial charge in [-0.1, -0.05) is 0 Å². The van der Waals surface area contributed by atoms with E-state index in [0.29, 0.717) is 6.73 Å². The van der Waals surface area contributed by atoms with E-state index >= 15 is 0 Å². The minimum Gasteiger partial charge on any atom is -0.467 e. The van der Waals surface area contributed by atoms with Crippen LogP contribution in [0.4, 0.5) is 0 Å². The van der Waals surface area contributed by atoms with Crippen molar-refractivity contribution >= 4 is 5.84 Å². The molecule has 0 amide bonds. The van der Waals surface area contributed by atoms with Crippen molar-refractivity contribution in [3.8, 4) is 0 Å². The lowest BCUT2D eigenvalue weighted by Crippen LogP contribution is -2.31. The predicted molar refractivity (Wildman–Crippen MR) is 40.5 cm³/mol. The van der Waals surface area contributed by atoms with Gasteiger partial charge in [-0.3, -0.25) is 4.90 Å². The van der Waals surface area contributed by atoms with Crippen LogP contribution in [0.2, 0.25) is 0 Å². The summed E-state index contributed by atoms with van der Waals surface area (Å²) < 4.78 is 5.25. The molecule has 3 aliphatic rings. The van der Waals surface area contributed by atoms with E-state index in [1.807, 2.05) is 29.3 Å². The lowest BCUT2D eigenvalue weighted by molar-refractivity contribution is 0.259. The summed E-state index contributed by atoms with van der Waals surface area (Å²) in [6.07, 6.45) is 8.03. The van der Waals surface area contributed by atoms with Crippen LogP contribution in [0.1, 0.15) is 0 Å². The molecule has 3 aliphatic heterocycles. The molecule has 0 saturated heterocycles. The van der Waals surface area contributed by atoms with Crippen molar-refractivity contribution < 1.29 is 4.74 Å². The number of hydrogen-bond acceptors (Lipinski definition) is 3. The fraction of sp³-hybridized carbons (Fsp3) is 0.125. The summed E-state index contributed by atoms with van der Waals surface area (Å²) in [5.74, 6) is 1.84. The lowest BCUT2D eigenvalue weighted by Gasteiger charge is -2.30. The summed E-state index contributed by atoms with van der Waals surface area (Å²) in [7, 11) is 0. The van der Waals surface area contributed by atoms with Crippen LogP contribution in [-0.2, 0) is 4.74 Å². The molecule has 0 aromatic rings. The molecule has 54 valence electrons. The average molecular weight is 146 g/mol. The topological polar surface area (TPSA) is 24.8 Å². The highest BCUT2D eigenvalue weighted by Gasteiger charge is 2.28. The number of allylic oxidation sites excluding steroid dienone is 3. The van der Waals surface area contributed by atoms with Crippen molar-refractivity contribution in [2.45, 2.75) is 0 Å². The van der Waals surface area contributed by atoms with Gasteiger partial charge < -0.3 is 4.74 Å². The van der Waals surface area contributed by atoms with Gasteiger partial charge in [-0.15, -0.1) is 0 Å². The molecule has 0 aromatic carbocycles. The summed E-state index contributed by atoms with van der Waals surface area (Å²) >= 11 is 0. The first-order valence-electron chi connectivity index (χ1n) is 3.52. The Morgan fingerprint density at radius 3 is 3.27 bits per heavy atom. The third-order valence-corrected chi connectivity index (χ3v) is 1.96. The Balaban J connectivity index is 2.16. The molecule has 0 unspecified atom stereocenters. The van der Waals surface area contributed by atoms with Crippen LogP contribution in [0.25, 0.3) is 0 Å². The highest BCUT2D eigenvalue weighted by Crippen LogP contribution is 2.28. The second kappa shape index (κ2) is 1.56. The van der Waals surface area contributed by atoms with Gasteiger partial charge in [-0.2, -0.15) is 0 Å². The van der Waals surface area contributed by atoms with Crippen molar-refractivity contribution in [2.75, 3.05) is 6.73 Å². The fourth-order valence-electron chi connectivity index (χ4n) is 1.35. The third kappa shape index (κ3) is 0.510. The number of ether oxygens (including phenoxy) is 1. The van der Waals surface area contributed by atoms with Crippen LogP contribution in [0.3, 0.4) is 0 Å². The van der Waals surface area contributed by atoms with E-state index in [-0.39, 0.29) is 0 Å². The van der Waals surface area contributed by atoms with Crippen molar-refractivity contribution in [1.29, 1.82) is 0 Å². The maximum absolute atomic E-state index is 5.25. The Bertz CT molecular complexity index is 336. The zero-order valence-corrected chi connectivity index (χ0v) is 5.82.